The number of rotatable bonds is 5. The van der Waals surface area contributed by atoms with Gasteiger partial charge in [0, 0.05) is 24.8 Å². The van der Waals surface area contributed by atoms with Crippen molar-refractivity contribution in [2.45, 2.75) is 51.1 Å². The quantitative estimate of drug-likeness (QED) is 0.660. The smallest absolute Gasteiger partial charge is 0.310 e. The topological polar surface area (TPSA) is 85.3 Å². The molecular formula is C14H22N4O2. The molecule has 1 aliphatic rings. The van der Waals surface area contributed by atoms with Crippen LogP contribution in [0.25, 0.3) is 0 Å². The first-order valence-electron chi connectivity index (χ1n) is 7.24. The number of hydrogen-bond acceptors (Lipinski definition) is 5. The molecule has 0 radical (unpaired) electrons. The van der Waals surface area contributed by atoms with Crippen LogP contribution in [0.3, 0.4) is 0 Å². The first kappa shape index (κ1) is 14.7. The summed E-state index contributed by atoms with van der Waals surface area (Å²) in [7, 11) is 0. The summed E-state index contributed by atoms with van der Waals surface area (Å²) in [5.41, 5.74) is 6.73. The van der Waals surface area contributed by atoms with Gasteiger partial charge in [-0.25, -0.2) is 0 Å². The molecule has 0 spiro atoms. The highest BCUT2D eigenvalue weighted by atomic mass is 16.6. The van der Waals surface area contributed by atoms with Crippen LogP contribution in [0.4, 0.5) is 11.4 Å². The summed E-state index contributed by atoms with van der Waals surface area (Å²) in [6.07, 6.45) is 7.91. The second-order valence-electron chi connectivity index (χ2n) is 5.38. The predicted octanol–water partition coefficient (Wildman–Crippen LogP) is 2.48. The van der Waals surface area contributed by atoms with Crippen LogP contribution in [-0.2, 0) is 0 Å². The average Bonchev–Trinajstić information content (AvgIpc) is 2.46. The minimum Gasteiger partial charge on any atom is -0.363 e. The van der Waals surface area contributed by atoms with Crippen LogP contribution in [0, 0.1) is 10.1 Å². The van der Waals surface area contributed by atoms with Gasteiger partial charge in [-0.2, -0.15) is 0 Å². The van der Waals surface area contributed by atoms with Gasteiger partial charge >= 0.3 is 5.69 Å². The van der Waals surface area contributed by atoms with E-state index in [1.54, 1.807) is 12.3 Å². The fourth-order valence-electron chi connectivity index (χ4n) is 2.92. The number of nitrogens with zero attached hydrogens (tertiary/aromatic N) is 3. The van der Waals surface area contributed by atoms with Gasteiger partial charge in [0.1, 0.15) is 11.9 Å². The van der Waals surface area contributed by atoms with Crippen LogP contribution < -0.4 is 10.6 Å². The van der Waals surface area contributed by atoms with Crippen LogP contribution in [0.1, 0.15) is 39.0 Å². The molecular weight excluding hydrogens is 256 g/mol. The van der Waals surface area contributed by atoms with Gasteiger partial charge in [-0.05, 0) is 38.2 Å². The van der Waals surface area contributed by atoms with Gasteiger partial charge in [0.2, 0.25) is 0 Å². The van der Waals surface area contributed by atoms with Crippen molar-refractivity contribution in [2.24, 2.45) is 5.73 Å². The predicted molar refractivity (Wildman–Crippen MR) is 78.8 cm³/mol. The molecule has 6 heteroatoms. The summed E-state index contributed by atoms with van der Waals surface area (Å²) in [5.74, 6) is 0. The Morgan fingerprint density at radius 1 is 1.45 bits per heavy atom. The molecule has 0 aromatic carbocycles. The summed E-state index contributed by atoms with van der Waals surface area (Å²) >= 11 is 0. The Kier molecular flexibility index (Phi) is 4.89. The second-order valence-corrected chi connectivity index (χ2v) is 5.38. The van der Waals surface area contributed by atoms with Gasteiger partial charge in [-0.15, -0.1) is 0 Å². The zero-order valence-corrected chi connectivity index (χ0v) is 11.9. The first-order chi connectivity index (χ1) is 9.63. The highest BCUT2D eigenvalue weighted by Gasteiger charge is 2.28. The summed E-state index contributed by atoms with van der Waals surface area (Å²) in [4.78, 5) is 16.9. The third-order valence-corrected chi connectivity index (χ3v) is 3.93. The Bertz CT molecular complexity index is 458. The molecule has 2 rings (SSSR count). The molecule has 1 aromatic heterocycles. The van der Waals surface area contributed by atoms with Crippen molar-refractivity contribution in [3.05, 3.63) is 28.6 Å². The normalized spacial score (nSPS) is 22.5. The zero-order valence-electron chi connectivity index (χ0n) is 11.9. The number of nitro groups is 1. The molecule has 1 heterocycles. The monoisotopic (exact) mass is 278 g/mol. The van der Waals surface area contributed by atoms with Crippen LogP contribution >= 0.6 is 0 Å². The molecule has 1 saturated carbocycles. The van der Waals surface area contributed by atoms with Crippen molar-refractivity contribution >= 4 is 11.4 Å². The second kappa shape index (κ2) is 6.65. The standard InChI is InChI=1S/C14H22N4O2/c1-2-9-17(12-5-3-11(15)4-6-12)13-7-8-16-10-14(13)18(19)20/h7-8,10-12H,2-6,9,15H2,1H3. The lowest BCUT2D eigenvalue weighted by atomic mass is 9.90. The lowest BCUT2D eigenvalue weighted by Crippen LogP contribution is -2.41. The molecule has 2 N–H and O–H groups in total. The van der Waals surface area contributed by atoms with Gasteiger partial charge in [-0.3, -0.25) is 15.1 Å². The highest BCUT2D eigenvalue weighted by Crippen LogP contribution is 2.32. The van der Waals surface area contributed by atoms with E-state index in [9.17, 15) is 10.1 Å². The molecule has 0 saturated heterocycles. The van der Waals surface area contributed by atoms with Gasteiger partial charge in [0.05, 0.1) is 4.92 Å². The van der Waals surface area contributed by atoms with Crippen LogP contribution in [0.2, 0.25) is 0 Å². The fourth-order valence-corrected chi connectivity index (χ4v) is 2.92. The van der Waals surface area contributed by atoms with Gasteiger partial charge in [0.25, 0.3) is 0 Å². The van der Waals surface area contributed by atoms with Crippen molar-refractivity contribution in [3.8, 4) is 0 Å². The lowest BCUT2D eigenvalue weighted by Gasteiger charge is -2.37. The maximum atomic E-state index is 11.2. The number of anilines is 1. The molecule has 1 aliphatic carbocycles. The third-order valence-electron chi connectivity index (χ3n) is 3.93. The molecule has 20 heavy (non-hydrogen) atoms. The van der Waals surface area contributed by atoms with Crippen molar-refractivity contribution in [3.63, 3.8) is 0 Å². The SMILES string of the molecule is CCCN(c1ccncc1[N+](=O)[O-])C1CCC(N)CC1. The first-order valence-corrected chi connectivity index (χ1v) is 7.24. The molecule has 6 nitrogen and oxygen atoms in total. The average molecular weight is 278 g/mol. The van der Waals surface area contributed by atoms with Crippen molar-refractivity contribution < 1.29 is 4.92 Å². The van der Waals surface area contributed by atoms with E-state index in [1.165, 1.54) is 6.20 Å². The number of pyridine rings is 1. The van der Waals surface area contributed by atoms with Gasteiger partial charge < -0.3 is 10.6 Å². The number of hydrogen-bond donors (Lipinski definition) is 1. The van der Waals surface area contributed by atoms with Crippen LogP contribution in [0.5, 0.6) is 0 Å². The Morgan fingerprint density at radius 2 is 2.15 bits per heavy atom. The fraction of sp³-hybridized carbons (Fsp3) is 0.643. The van der Waals surface area contributed by atoms with Crippen molar-refractivity contribution in [1.82, 2.24) is 4.98 Å². The Hall–Kier alpha value is -1.69. The van der Waals surface area contributed by atoms with E-state index >= 15 is 0 Å². The molecule has 0 aliphatic heterocycles. The maximum absolute atomic E-state index is 11.2. The zero-order chi connectivity index (χ0) is 14.5. The van der Waals surface area contributed by atoms with E-state index in [0.29, 0.717) is 11.7 Å². The van der Waals surface area contributed by atoms with E-state index < -0.39 is 0 Å². The minimum atomic E-state index is -0.348. The largest absolute Gasteiger partial charge is 0.363 e. The van der Waals surface area contributed by atoms with Crippen LogP contribution in [-0.4, -0.2) is 28.5 Å². The van der Waals surface area contributed by atoms with Crippen molar-refractivity contribution in [2.75, 3.05) is 11.4 Å². The summed E-state index contributed by atoms with van der Waals surface area (Å²) in [6.45, 7) is 2.92. The Labute approximate surface area is 119 Å². The number of aromatic nitrogens is 1. The van der Waals surface area contributed by atoms with Crippen molar-refractivity contribution in [1.29, 1.82) is 0 Å². The third kappa shape index (κ3) is 3.25. The Morgan fingerprint density at radius 3 is 2.75 bits per heavy atom. The van der Waals surface area contributed by atoms with E-state index in [-0.39, 0.29) is 16.7 Å². The molecule has 0 bridgehead atoms. The molecule has 0 atom stereocenters. The van der Waals surface area contributed by atoms with Crippen LogP contribution in [0.15, 0.2) is 18.5 Å². The molecule has 1 aromatic rings. The molecule has 0 amide bonds. The molecule has 0 unspecified atom stereocenters. The summed E-state index contributed by atoms with van der Waals surface area (Å²) in [5, 5.41) is 11.2. The molecule has 110 valence electrons. The van der Waals surface area contributed by atoms with E-state index in [1.807, 2.05) is 0 Å². The molecule has 1 fully saturated rings. The highest BCUT2D eigenvalue weighted by molar-refractivity contribution is 5.62. The van der Waals surface area contributed by atoms with E-state index in [4.69, 9.17) is 5.73 Å². The summed E-state index contributed by atoms with van der Waals surface area (Å²) < 4.78 is 0. The Balaban J connectivity index is 2.26. The maximum Gasteiger partial charge on any atom is 0.310 e. The minimum absolute atomic E-state index is 0.0934. The van der Waals surface area contributed by atoms with E-state index in [2.05, 4.69) is 16.8 Å². The van der Waals surface area contributed by atoms with E-state index in [0.717, 1.165) is 38.6 Å². The van der Waals surface area contributed by atoms with Gasteiger partial charge in [0.15, 0.2) is 0 Å². The number of nitrogens with two attached hydrogens (primary N) is 1. The lowest BCUT2D eigenvalue weighted by molar-refractivity contribution is -0.384. The van der Waals surface area contributed by atoms with Gasteiger partial charge in [-0.1, -0.05) is 6.92 Å². The summed E-state index contributed by atoms with van der Waals surface area (Å²) in [6, 6.07) is 2.38.